The summed E-state index contributed by atoms with van der Waals surface area (Å²) in [6.07, 6.45) is -9.76. The van der Waals surface area contributed by atoms with E-state index >= 15 is 0 Å². The van der Waals surface area contributed by atoms with Crippen molar-refractivity contribution < 1.29 is 62.3 Å². The molecule has 0 aliphatic carbocycles. The number of carbonyl (C=O) groups excluding carboxylic acids is 5. The second-order valence-corrected chi connectivity index (χ2v) is 8.60. The van der Waals surface area contributed by atoms with Crippen molar-refractivity contribution in [3.05, 3.63) is 54.1 Å². The van der Waals surface area contributed by atoms with Gasteiger partial charge in [-0.3, -0.25) is 19.7 Å². The van der Waals surface area contributed by atoms with E-state index in [0.29, 0.717) is 11.1 Å². The standard InChI is InChI=1S/C27H27NO13/c1-13(29)37-20-21(38-14(2)30)23(39-15(3)31)26(40-22(20)25(34)36-4)41-27(35)28-19-12-8-7-10-17(19)16-9-5-6-11-18(16)24(32)33/h5-12,20-23,26H,1-4H3,(H,28,35)(H,32,33)/t20-,21-,22?,23-,26-/m0/s1. The van der Waals surface area contributed by atoms with Gasteiger partial charge < -0.3 is 33.5 Å². The molecule has 1 amide bonds. The average Bonchev–Trinajstić information content (AvgIpc) is 2.90. The van der Waals surface area contributed by atoms with Gasteiger partial charge in [0.25, 0.3) is 0 Å². The molecule has 1 fully saturated rings. The lowest BCUT2D eigenvalue weighted by Gasteiger charge is -2.42. The first kappa shape index (κ1) is 30.6. The molecule has 0 aromatic heterocycles. The van der Waals surface area contributed by atoms with Gasteiger partial charge in [-0.1, -0.05) is 36.4 Å². The molecule has 3 rings (SSSR count). The van der Waals surface area contributed by atoms with Crippen LogP contribution in [0.4, 0.5) is 10.5 Å². The maximum absolute atomic E-state index is 13.1. The second kappa shape index (κ2) is 13.4. The quantitative estimate of drug-likeness (QED) is 0.346. The summed E-state index contributed by atoms with van der Waals surface area (Å²) in [5, 5.41) is 12.1. The molecule has 1 saturated heterocycles. The normalized spacial score (nSPS) is 21.5. The maximum Gasteiger partial charge on any atom is 0.414 e. The number of hydrogen-bond acceptors (Lipinski definition) is 12. The average molecular weight is 574 g/mol. The molecule has 0 spiro atoms. The van der Waals surface area contributed by atoms with Crippen molar-refractivity contribution in [2.45, 2.75) is 51.5 Å². The Morgan fingerprint density at radius 2 is 1.27 bits per heavy atom. The molecule has 1 heterocycles. The molecule has 218 valence electrons. The Balaban J connectivity index is 1.97. The van der Waals surface area contributed by atoms with E-state index in [1.54, 1.807) is 36.4 Å². The van der Waals surface area contributed by atoms with Gasteiger partial charge in [-0.25, -0.2) is 14.4 Å². The molecule has 1 aliphatic rings. The van der Waals surface area contributed by atoms with Crippen LogP contribution in [0.3, 0.4) is 0 Å². The van der Waals surface area contributed by atoms with Crippen molar-refractivity contribution in [1.82, 2.24) is 0 Å². The van der Waals surface area contributed by atoms with Crippen LogP contribution in [0.15, 0.2) is 48.5 Å². The number of rotatable bonds is 8. The van der Waals surface area contributed by atoms with Crippen LogP contribution in [0.2, 0.25) is 0 Å². The van der Waals surface area contributed by atoms with Crippen LogP contribution >= 0.6 is 0 Å². The number of nitrogens with one attached hydrogen (secondary N) is 1. The summed E-state index contributed by atoms with van der Waals surface area (Å²) in [5.74, 6) is -4.95. The van der Waals surface area contributed by atoms with E-state index in [-0.39, 0.29) is 11.3 Å². The summed E-state index contributed by atoms with van der Waals surface area (Å²) < 4.78 is 31.3. The largest absolute Gasteiger partial charge is 0.478 e. The number of anilines is 1. The zero-order chi connectivity index (χ0) is 30.3. The smallest absolute Gasteiger partial charge is 0.414 e. The number of hydrogen-bond donors (Lipinski definition) is 2. The molecule has 14 nitrogen and oxygen atoms in total. The number of aromatic carboxylic acids is 1. The van der Waals surface area contributed by atoms with E-state index in [9.17, 15) is 33.9 Å². The predicted molar refractivity (Wildman–Crippen MR) is 136 cm³/mol. The third-order valence-corrected chi connectivity index (χ3v) is 5.67. The van der Waals surface area contributed by atoms with Crippen LogP contribution in [-0.2, 0) is 47.6 Å². The summed E-state index contributed by atoms with van der Waals surface area (Å²) in [6.45, 7) is 3.06. The van der Waals surface area contributed by atoms with E-state index in [1.807, 2.05) is 0 Å². The van der Waals surface area contributed by atoms with Crippen molar-refractivity contribution in [2.24, 2.45) is 0 Å². The first-order chi connectivity index (χ1) is 19.4. The number of methoxy groups -OCH3 is 1. The van der Waals surface area contributed by atoms with Gasteiger partial charge in [-0.15, -0.1) is 0 Å². The molecular weight excluding hydrogens is 546 g/mol. The highest BCUT2D eigenvalue weighted by Crippen LogP contribution is 2.33. The van der Waals surface area contributed by atoms with E-state index in [2.05, 4.69) is 5.32 Å². The SMILES string of the molecule is COC(=O)C1O[C@@H](OC(=O)Nc2ccccc2-c2ccccc2C(=O)O)[C@@H](OC(C)=O)[C@@H](OC(C)=O)[C@@H]1OC(C)=O. The second-order valence-electron chi connectivity index (χ2n) is 8.60. The summed E-state index contributed by atoms with van der Waals surface area (Å²) in [4.78, 5) is 73.0. The number of carboxylic acids is 1. The minimum atomic E-state index is -1.86. The molecule has 5 atom stereocenters. The van der Waals surface area contributed by atoms with E-state index in [0.717, 1.165) is 27.9 Å². The summed E-state index contributed by atoms with van der Waals surface area (Å²) in [7, 11) is 1.02. The molecule has 14 heteroatoms. The number of benzene rings is 2. The Morgan fingerprint density at radius 1 is 0.732 bits per heavy atom. The molecule has 1 unspecified atom stereocenters. The summed E-state index contributed by atoms with van der Waals surface area (Å²) in [5.41, 5.74) is 0.753. The highest BCUT2D eigenvalue weighted by molar-refractivity contribution is 6.00. The third-order valence-electron chi connectivity index (χ3n) is 5.67. The lowest BCUT2D eigenvalue weighted by molar-refractivity contribution is -0.287. The fraction of sp³-hybridized carbons (Fsp3) is 0.333. The molecule has 1 aliphatic heterocycles. The number of ether oxygens (including phenoxy) is 6. The van der Waals surface area contributed by atoms with Crippen molar-refractivity contribution in [3.63, 3.8) is 0 Å². The van der Waals surface area contributed by atoms with Gasteiger partial charge >= 0.3 is 35.9 Å². The van der Waals surface area contributed by atoms with Crippen molar-refractivity contribution in [2.75, 3.05) is 12.4 Å². The van der Waals surface area contributed by atoms with Crippen LogP contribution in [0.5, 0.6) is 0 Å². The van der Waals surface area contributed by atoms with Crippen LogP contribution in [0, 0.1) is 0 Å². The molecule has 2 aromatic carbocycles. The van der Waals surface area contributed by atoms with Gasteiger partial charge in [0.1, 0.15) is 0 Å². The van der Waals surface area contributed by atoms with Gasteiger partial charge in [-0.05, 0) is 17.7 Å². The summed E-state index contributed by atoms with van der Waals surface area (Å²) in [6, 6.07) is 12.4. The Morgan fingerprint density at radius 3 is 1.85 bits per heavy atom. The Labute approximate surface area is 233 Å². The van der Waals surface area contributed by atoms with Crippen molar-refractivity contribution in [3.8, 4) is 11.1 Å². The van der Waals surface area contributed by atoms with E-state index in [1.165, 1.54) is 12.1 Å². The van der Waals surface area contributed by atoms with Gasteiger partial charge in [0.15, 0.2) is 18.3 Å². The predicted octanol–water partition coefficient (Wildman–Crippen LogP) is 2.29. The highest BCUT2D eigenvalue weighted by Gasteiger charge is 2.56. The van der Waals surface area contributed by atoms with Gasteiger partial charge in [0, 0.05) is 26.3 Å². The van der Waals surface area contributed by atoms with Crippen molar-refractivity contribution in [1.29, 1.82) is 0 Å². The van der Waals surface area contributed by atoms with Gasteiger partial charge in [-0.2, -0.15) is 0 Å². The van der Waals surface area contributed by atoms with E-state index in [4.69, 9.17) is 28.4 Å². The topological polar surface area (TPSA) is 190 Å². The number of esters is 4. The summed E-state index contributed by atoms with van der Waals surface area (Å²) >= 11 is 0. The first-order valence-corrected chi connectivity index (χ1v) is 12.1. The lowest BCUT2D eigenvalue weighted by Crippen LogP contribution is -2.64. The molecule has 0 saturated carbocycles. The zero-order valence-electron chi connectivity index (χ0n) is 22.4. The highest BCUT2D eigenvalue weighted by atomic mass is 16.8. The van der Waals surface area contributed by atoms with Crippen LogP contribution in [0.1, 0.15) is 31.1 Å². The maximum atomic E-state index is 13.1. The molecule has 2 N–H and O–H groups in total. The molecule has 2 aromatic rings. The zero-order valence-corrected chi connectivity index (χ0v) is 22.4. The van der Waals surface area contributed by atoms with Gasteiger partial charge in [0.05, 0.1) is 18.4 Å². The Bertz CT molecular complexity index is 1340. The Hall–Kier alpha value is -4.98. The van der Waals surface area contributed by atoms with E-state index < -0.39 is 66.6 Å². The minimum absolute atomic E-state index is 0.0256. The molecule has 0 bridgehead atoms. The lowest BCUT2D eigenvalue weighted by atomic mass is 9.97. The fourth-order valence-corrected chi connectivity index (χ4v) is 4.15. The van der Waals surface area contributed by atoms with Crippen LogP contribution in [-0.4, -0.2) is 78.9 Å². The molecule has 0 radical (unpaired) electrons. The minimum Gasteiger partial charge on any atom is -0.478 e. The first-order valence-electron chi connectivity index (χ1n) is 12.1. The number of carbonyl (C=O) groups is 6. The number of para-hydroxylation sites is 1. The number of carboxylic acid groups (broad SMARTS) is 1. The molecule has 41 heavy (non-hydrogen) atoms. The van der Waals surface area contributed by atoms with Crippen LogP contribution < -0.4 is 5.32 Å². The number of amides is 1. The third kappa shape index (κ3) is 7.57. The Kier molecular flexibility index (Phi) is 9.98. The fourth-order valence-electron chi connectivity index (χ4n) is 4.15. The van der Waals surface area contributed by atoms with Crippen molar-refractivity contribution >= 4 is 41.6 Å². The van der Waals surface area contributed by atoms with Crippen LogP contribution in [0.25, 0.3) is 11.1 Å². The van der Waals surface area contributed by atoms with Gasteiger partial charge in [0.2, 0.25) is 12.4 Å². The molecular formula is C27H27NO13. The monoisotopic (exact) mass is 573 g/mol.